The van der Waals surface area contributed by atoms with Gasteiger partial charge in [-0.3, -0.25) is 14.4 Å². The normalized spacial score (nSPS) is 10.1. The second-order valence-electron chi connectivity index (χ2n) is 6.00. The second kappa shape index (κ2) is 11.7. The maximum absolute atomic E-state index is 12.4. The van der Waals surface area contributed by atoms with Gasteiger partial charge in [0.25, 0.3) is 5.91 Å². The van der Waals surface area contributed by atoms with Crippen LogP contribution in [0.3, 0.4) is 0 Å². The SMILES string of the molecule is COC(=O)CSCCC(=O)Nc1cc(OC)c(NC(=O)c2ccccc2)cc1OC. The summed E-state index contributed by atoms with van der Waals surface area (Å²) in [6, 6.07) is 11.9. The Labute approximate surface area is 179 Å². The molecule has 0 heterocycles. The molecule has 0 radical (unpaired) electrons. The quantitative estimate of drug-likeness (QED) is 0.439. The fraction of sp³-hybridized carbons (Fsp3) is 0.286. The molecule has 0 aliphatic rings. The van der Waals surface area contributed by atoms with Gasteiger partial charge < -0.3 is 24.8 Å². The molecule has 0 atom stereocenters. The van der Waals surface area contributed by atoms with Gasteiger partial charge in [0.1, 0.15) is 11.5 Å². The molecule has 0 unspecified atom stereocenters. The Hall–Kier alpha value is -3.20. The zero-order valence-corrected chi connectivity index (χ0v) is 17.8. The number of hydrogen-bond acceptors (Lipinski definition) is 7. The average molecular weight is 432 g/mol. The summed E-state index contributed by atoms with van der Waals surface area (Å²) in [5.74, 6) is 0.525. The number of esters is 1. The lowest BCUT2D eigenvalue weighted by atomic mass is 10.2. The molecular formula is C21H24N2O6S. The summed E-state index contributed by atoms with van der Waals surface area (Å²) in [5, 5.41) is 5.55. The molecule has 2 N–H and O–H groups in total. The number of rotatable bonds is 10. The highest BCUT2D eigenvalue weighted by atomic mass is 32.2. The number of benzene rings is 2. The Kier molecular flexibility index (Phi) is 9.02. The van der Waals surface area contributed by atoms with E-state index in [1.165, 1.54) is 33.1 Å². The number of thioether (sulfide) groups is 1. The molecule has 9 heteroatoms. The summed E-state index contributed by atoms with van der Waals surface area (Å²) in [7, 11) is 4.25. The average Bonchev–Trinajstić information content (AvgIpc) is 2.77. The van der Waals surface area contributed by atoms with Gasteiger partial charge in [0.15, 0.2) is 0 Å². The summed E-state index contributed by atoms with van der Waals surface area (Å²) < 4.78 is 15.3. The number of carbonyl (C=O) groups is 3. The molecule has 0 aliphatic heterocycles. The highest BCUT2D eigenvalue weighted by molar-refractivity contribution is 7.99. The Morgan fingerprint density at radius 2 is 1.50 bits per heavy atom. The summed E-state index contributed by atoms with van der Waals surface area (Å²) in [4.78, 5) is 35.8. The summed E-state index contributed by atoms with van der Waals surface area (Å²) in [5.41, 5.74) is 1.32. The number of methoxy groups -OCH3 is 3. The van der Waals surface area contributed by atoms with Crippen molar-refractivity contribution in [2.24, 2.45) is 0 Å². The molecule has 0 aliphatic carbocycles. The maximum atomic E-state index is 12.4. The van der Waals surface area contributed by atoms with E-state index in [0.29, 0.717) is 34.2 Å². The molecule has 0 bridgehead atoms. The van der Waals surface area contributed by atoms with E-state index in [9.17, 15) is 14.4 Å². The molecule has 2 aromatic carbocycles. The lowest BCUT2D eigenvalue weighted by molar-refractivity contribution is -0.137. The number of carbonyl (C=O) groups excluding carboxylic acids is 3. The van der Waals surface area contributed by atoms with Crippen molar-refractivity contribution in [1.29, 1.82) is 0 Å². The molecule has 2 amide bonds. The van der Waals surface area contributed by atoms with Gasteiger partial charge in [-0.15, -0.1) is 11.8 Å². The number of hydrogen-bond donors (Lipinski definition) is 2. The zero-order chi connectivity index (χ0) is 21.9. The van der Waals surface area contributed by atoms with Gasteiger partial charge in [0.2, 0.25) is 5.91 Å². The fourth-order valence-electron chi connectivity index (χ4n) is 2.47. The van der Waals surface area contributed by atoms with Crippen molar-refractivity contribution >= 4 is 40.9 Å². The van der Waals surface area contributed by atoms with Gasteiger partial charge in [-0.2, -0.15) is 0 Å². The minimum Gasteiger partial charge on any atom is -0.494 e. The Bertz CT molecular complexity index is 889. The van der Waals surface area contributed by atoms with Crippen LogP contribution in [0, 0.1) is 0 Å². The monoisotopic (exact) mass is 432 g/mol. The molecule has 0 aromatic heterocycles. The van der Waals surface area contributed by atoms with Crippen molar-refractivity contribution in [1.82, 2.24) is 0 Å². The molecule has 0 saturated carbocycles. The Balaban J connectivity index is 2.07. The molecule has 0 fully saturated rings. The summed E-state index contributed by atoms with van der Waals surface area (Å²) in [6.45, 7) is 0. The van der Waals surface area contributed by atoms with Crippen LogP contribution in [0.5, 0.6) is 11.5 Å². The Morgan fingerprint density at radius 3 is 2.07 bits per heavy atom. The van der Waals surface area contributed by atoms with Crippen molar-refractivity contribution in [3.8, 4) is 11.5 Å². The van der Waals surface area contributed by atoms with Crippen LogP contribution in [0.25, 0.3) is 0 Å². The van der Waals surface area contributed by atoms with E-state index < -0.39 is 0 Å². The number of amides is 2. The third kappa shape index (κ3) is 6.70. The van der Waals surface area contributed by atoms with E-state index in [4.69, 9.17) is 9.47 Å². The first-order valence-corrected chi connectivity index (χ1v) is 10.2. The zero-order valence-electron chi connectivity index (χ0n) is 17.0. The van der Waals surface area contributed by atoms with Crippen molar-refractivity contribution in [2.45, 2.75) is 6.42 Å². The van der Waals surface area contributed by atoms with Gasteiger partial charge in [-0.05, 0) is 12.1 Å². The van der Waals surface area contributed by atoms with Crippen molar-refractivity contribution in [3.63, 3.8) is 0 Å². The van der Waals surface area contributed by atoms with Crippen LogP contribution in [0.1, 0.15) is 16.8 Å². The molecule has 2 rings (SSSR count). The highest BCUT2D eigenvalue weighted by Gasteiger charge is 2.16. The van der Waals surface area contributed by atoms with Crippen molar-refractivity contribution in [3.05, 3.63) is 48.0 Å². The third-order valence-electron chi connectivity index (χ3n) is 4.00. The predicted octanol–water partition coefficient (Wildman–Crippen LogP) is 3.19. The maximum Gasteiger partial charge on any atom is 0.315 e. The largest absolute Gasteiger partial charge is 0.494 e. The van der Waals surface area contributed by atoms with E-state index in [-0.39, 0.29) is 30.0 Å². The minimum atomic E-state index is -0.333. The standard InChI is InChI=1S/C21H24N2O6S/c1-27-17-12-16(23-21(26)14-7-5-4-6-8-14)18(28-2)11-15(17)22-19(24)9-10-30-13-20(25)29-3/h4-8,11-12H,9-10,13H2,1-3H3,(H,22,24)(H,23,26). The Morgan fingerprint density at radius 1 is 0.900 bits per heavy atom. The predicted molar refractivity (Wildman–Crippen MR) is 117 cm³/mol. The van der Waals surface area contributed by atoms with E-state index in [2.05, 4.69) is 15.4 Å². The van der Waals surface area contributed by atoms with Gasteiger partial charge in [-0.25, -0.2) is 0 Å². The van der Waals surface area contributed by atoms with E-state index >= 15 is 0 Å². The third-order valence-corrected chi connectivity index (χ3v) is 4.93. The minimum absolute atomic E-state index is 0.191. The van der Waals surface area contributed by atoms with Gasteiger partial charge in [0.05, 0.1) is 38.5 Å². The smallest absolute Gasteiger partial charge is 0.315 e. The highest BCUT2D eigenvalue weighted by Crippen LogP contribution is 2.36. The van der Waals surface area contributed by atoms with E-state index in [1.54, 1.807) is 36.4 Å². The molecule has 0 spiro atoms. The van der Waals surface area contributed by atoms with Crippen LogP contribution < -0.4 is 20.1 Å². The van der Waals surface area contributed by atoms with Gasteiger partial charge in [0, 0.05) is 29.9 Å². The van der Waals surface area contributed by atoms with Crippen LogP contribution in [-0.4, -0.2) is 50.6 Å². The van der Waals surface area contributed by atoms with Crippen LogP contribution in [-0.2, 0) is 14.3 Å². The first-order valence-electron chi connectivity index (χ1n) is 9.05. The first kappa shape index (κ1) is 23.1. The van der Waals surface area contributed by atoms with Crippen LogP contribution in [0.2, 0.25) is 0 Å². The van der Waals surface area contributed by atoms with Gasteiger partial charge >= 0.3 is 5.97 Å². The van der Waals surface area contributed by atoms with Crippen molar-refractivity contribution < 1.29 is 28.6 Å². The fourth-order valence-corrected chi connectivity index (χ4v) is 3.23. The molecule has 8 nitrogen and oxygen atoms in total. The first-order chi connectivity index (χ1) is 14.5. The lowest BCUT2D eigenvalue weighted by Gasteiger charge is -2.16. The van der Waals surface area contributed by atoms with Crippen LogP contribution >= 0.6 is 11.8 Å². The molecular weight excluding hydrogens is 408 g/mol. The number of anilines is 2. The number of ether oxygens (including phenoxy) is 3. The molecule has 30 heavy (non-hydrogen) atoms. The van der Waals surface area contributed by atoms with E-state index in [1.807, 2.05) is 6.07 Å². The van der Waals surface area contributed by atoms with Gasteiger partial charge in [-0.1, -0.05) is 18.2 Å². The molecule has 0 saturated heterocycles. The van der Waals surface area contributed by atoms with E-state index in [0.717, 1.165) is 0 Å². The second-order valence-corrected chi connectivity index (χ2v) is 7.10. The lowest BCUT2D eigenvalue weighted by Crippen LogP contribution is -2.15. The summed E-state index contributed by atoms with van der Waals surface area (Å²) in [6.07, 6.45) is 0.208. The topological polar surface area (TPSA) is 103 Å². The van der Waals surface area contributed by atoms with Crippen LogP contribution in [0.4, 0.5) is 11.4 Å². The summed E-state index contributed by atoms with van der Waals surface area (Å²) >= 11 is 1.31. The van der Waals surface area contributed by atoms with Crippen molar-refractivity contribution in [2.75, 3.05) is 43.5 Å². The number of nitrogens with one attached hydrogen (secondary N) is 2. The molecule has 2 aromatic rings. The molecule has 160 valence electrons. The van der Waals surface area contributed by atoms with Crippen LogP contribution in [0.15, 0.2) is 42.5 Å².